The third kappa shape index (κ3) is 3.19. The second-order valence-electron chi connectivity index (χ2n) is 5.40. The Morgan fingerprint density at radius 1 is 1.37 bits per heavy atom. The molecule has 2 atom stereocenters. The highest BCUT2D eigenvalue weighted by Gasteiger charge is 2.24. The predicted molar refractivity (Wildman–Crippen MR) is 73.2 cm³/mol. The summed E-state index contributed by atoms with van der Waals surface area (Å²) in [7, 11) is -0.473. The van der Waals surface area contributed by atoms with Crippen molar-refractivity contribution in [2.24, 2.45) is 5.92 Å². The van der Waals surface area contributed by atoms with Crippen LogP contribution in [0, 0.1) is 5.92 Å². The highest BCUT2D eigenvalue weighted by atomic mass is 32.2. The van der Waals surface area contributed by atoms with Crippen molar-refractivity contribution < 1.29 is 12.8 Å². The van der Waals surface area contributed by atoms with Crippen molar-refractivity contribution in [1.82, 2.24) is 9.62 Å². The summed E-state index contributed by atoms with van der Waals surface area (Å²) in [5.74, 6) is 1.35. The standard InChI is InChI=1S/C13H22N2O3S/c1-10-5-4-6-12(10)14-9-11-7-8-13(18-11)19(16,17)15(2)3/h7-8,10,12,14H,4-6,9H2,1-3H3. The smallest absolute Gasteiger partial charge is 0.275 e. The number of sulfonamides is 1. The van der Waals surface area contributed by atoms with Gasteiger partial charge in [0.15, 0.2) is 0 Å². The SMILES string of the molecule is CC1CCCC1NCc1ccc(S(=O)(=O)N(C)C)o1. The molecule has 0 radical (unpaired) electrons. The van der Waals surface area contributed by atoms with Gasteiger partial charge in [0.2, 0.25) is 5.09 Å². The zero-order valence-electron chi connectivity index (χ0n) is 11.7. The van der Waals surface area contributed by atoms with Crippen molar-refractivity contribution in [3.63, 3.8) is 0 Å². The highest BCUT2D eigenvalue weighted by Crippen LogP contribution is 2.25. The van der Waals surface area contributed by atoms with Gasteiger partial charge in [0, 0.05) is 20.1 Å². The molecule has 0 aliphatic heterocycles. The van der Waals surface area contributed by atoms with Crippen molar-refractivity contribution in [2.45, 2.75) is 43.9 Å². The normalized spacial score (nSPS) is 24.2. The molecule has 2 unspecified atom stereocenters. The van der Waals surface area contributed by atoms with Crippen LogP contribution < -0.4 is 5.32 Å². The molecule has 2 rings (SSSR count). The van der Waals surface area contributed by atoms with Crippen LogP contribution in [0.3, 0.4) is 0 Å². The summed E-state index contributed by atoms with van der Waals surface area (Å²) in [5.41, 5.74) is 0. The summed E-state index contributed by atoms with van der Waals surface area (Å²) < 4.78 is 30.3. The van der Waals surface area contributed by atoms with Gasteiger partial charge < -0.3 is 9.73 Å². The zero-order valence-corrected chi connectivity index (χ0v) is 12.5. The van der Waals surface area contributed by atoms with E-state index >= 15 is 0 Å². The summed E-state index contributed by atoms with van der Waals surface area (Å²) in [4.78, 5) is 0. The van der Waals surface area contributed by atoms with Gasteiger partial charge in [-0.3, -0.25) is 0 Å². The molecule has 5 nitrogen and oxygen atoms in total. The Labute approximate surface area is 115 Å². The third-order valence-corrected chi connectivity index (χ3v) is 5.46. The Balaban J connectivity index is 1.98. The third-order valence-electron chi connectivity index (χ3n) is 3.77. The number of hydrogen-bond acceptors (Lipinski definition) is 4. The summed E-state index contributed by atoms with van der Waals surface area (Å²) >= 11 is 0. The minimum Gasteiger partial charge on any atom is -0.447 e. The maximum Gasteiger partial charge on any atom is 0.275 e. The van der Waals surface area contributed by atoms with E-state index in [0.29, 0.717) is 24.3 Å². The van der Waals surface area contributed by atoms with Gasteiger partial charge >= 0.3 is 0 Å². The maximum atomic E-state index is 11.9. The van der Waals surface area contributed by atoms with Crippen molar-refractivity contribution in [3.05, 3.63) is 17.9 Å². The Bertz CT molecular complexity index is 522. The highest BCUT2D eigenvalue weighted by molar-refractivity contribution is 7.88. The average molecular weight is 286 g/mol. The van der Waals surface area contributed by atoms with Crippen LogP contribution in [0.1, 0.15) is 31.9 Å². The lowest BCUT2D eigenvalue weighted by Crippen LogP contribution is -2.30. The maximum absolute atomic E-state index is 11.9. The fourth-order valence-electron chi connectivity index (χ4n) is 2.45. The number of nitrogens with zero attached hydrogens (tertiary/aromatic N) is 1. The number of nitrogens with one attached hydrogen (secondary N) is 1. The molecule has 1 aromatic heterocycles. The van der Waals surface area contributed by atoms with Gasteiger partial charge in [0.1, 0.15) is 5.76 Å². The van der Waals surface area contributed by atoms with Crippen molar-refractivity contribution in [2.75, 3.05) is 14.1 Å². The minimum absolute atomic E-state index is 0.00812. The first-order valence-electron chi connectivity index (χ1n) is 6.66. The van der Waals surface area contributed by atoms with E-state index in [9.17, 15) is 8.42 Å². The molecule has 1 aliphatic rings. The van der Waals surface area contributed by atoms with Crippen LogP contribution in [0.5, 0.6) is 0 Å². The molecule has 0 spiro atoms. The first-order chi connectivity index (χ1) is 8.91. The van der Waals surface area contributed by atoms with Gasteiger partial charge in [0.05, 0.1) is 6.54 Å². The quantitative estimate of drug-likeness (QED) is 0.896. The number of hydrogen-bond donors (Lipinski definition) is 1. The molecule has 1 aromatic rings. The molecule has 1 N–H and O–H groups in total. The van der Waals surface area contributed by atoms with Crippen LogP contribution in [0.2, 0.25) is 0 Å². The summed E-state index contributed by atoms with van der Waals surface area (Å²) in [6, 6.07) is 3.76. The van der Waals surface area contributed by atoms with Crippen LogP contribution in [-0.2, 0) is 16.6 Å². The van der Waals surface area contributed by atoms with E-state index in [1.807, 2.05) is 0 Å². The molecular formula is C13H22N2O3S. The lowest BCUT2D eigenvalue weighted by molar-refractivity contribution is 0.361. The molecule has 0 amide bonds. The van der Waals surface area contributed by atoms with E-state index in [4.69, 9.17) is 4.42 Å². The molecule has 0 saturated heterocycles. The van der Waals surface area contributed by atoms with Gasteiger partial charge in [-0.15, -0.1) is 0 Å². The monoisotopic (exact) mass is 286 g/mol. The molecule has 0 aromatic carbocycles. The Hall–Kier alpha value is -0.850. The van der Waals surface area contributed by atoms with Gasteiger partial charge in [-0.2, -0.15) is 0 Å². The van der Waals surface area contributed by atoms with Crippen LogP contribution >= 0.6 is 0 Å². The molecule has 1 saturated carbocycles. The van der Waals surface area contributed by atoms with E-state index in [0.717, 1.165) is 4.31 Å². The molecule has 6 heteroatoms. The number of rotatable bonds is 5. The fraction of sp³-hybridized carbons (Fsp3) is 0.692. The number of furan rings is 1. The second-order valence-corrected chi connectivity index (χ2v) is 7.49. The summed E-state index contributed by atoms with van der Waals surface area (Å²) in [6.07, 6.45) is 3.71. The summed E-state index contributed by atoms with van der Waals surface area (Å²) in [5, 5.41) is 3.45. The van der Waals surface area contributed by atoms with Gasteiger partial charge in [0.25, 0.3) is 10.0 Å². The van der Waals surface area contributed by atoms with Crippen molar-refractivity contribution in [3.8, 4) is 0 Å². The predicted octanol–water partition coefficient (Wildman–Crippen LogP) is 1.81. The van der Waals surface area contributed by atoms with Gasteiger partial charge in [-0.05, 0) is 30.9 Å². The summed E-state index contributed by atoms with van der Waals surface area (Å²) in [6.45, 7) is 2.83. The van der Waals surface area contributed by atoms with Crippen molar-refractivity contribution >= 4 is 10.0 Å². The topological polar surface area (TPSA) is 62.6 Å². The van der Waals surface area contributed by atoms with Crippen molar-refractivity contribution in [1.29, 1.82) is 0 Å². The van der Waals surface area contributed by atoms with E-state index in [1.165, 1.54) is 39.4 Å². The molecule has 19 heavy (non-hydrogen) atoms. The van der Waals surface area contributed by atoms with E-state index < -0.39 is 10.0 Å². The van der Waals surface area contributed by atoms with E-state index in [1.54, 1.807) is 6.07 Å². The molecule has 1 aliphatic carbocycles. The molecule has 0 bridgehead atoms. The molecular weight excluding hydrogens is 264 g/mol. The van der Waals surface area contributed by atoms with Crippen LogP contribution in [-0.4, -0.2) is 32.9 Å². The lowest BCUT2D eigenvalue weighted by atomic mass is 10.1. The fourth-order valence-corrected chi connectivity index (χ4v) is 3.26. The van der Waals surface area contributed by atoms with Crippen LogP contribution in [0.25, 0.3) is 0 Å². The Morgan fingerprint density at radius 3 is 2.68 bits per heavy atom. The first-order valence-corrected chi connectivity index (χ1v) is 8.10. The largest absolute Gasteiger partial charge is 0.447 e. The zero-order chi connectivity index (χ0) is 14.0. The van der Waals surface area contributed by atoms with Gasteiger partial charge in [-0.25, -0.2) is 12.7 Å². The average Bonchev–Trinajstić information content (AvgIpc) is 2.95. The second kappa shape index (κ2) is 5.64. The van der Waals surface area contributed by atoms with Gasteiger partial charge in [-0.1, -0.05) is 13.3 Å². The Kier molecular flexibility index (Phi) is 4.32. The molecule has 1 heterocycles. The van der Waals surface area contributed by atoms with E-state index in [2.05, 4.69) is 12.2 Å². The minimum atomic E-state index is -3.47. The van der Waals surface area contributed by atoms with Crippen LogP contribution in [0.4, 0.5) is 0 Å². The van der Waals surface area contributed by atoms with Crippen LogP contribution in [0.15, 0.2) is 21.6 Å². The van der Waals surface area contributed by atoms with E-state index in [-0.39, 0.29) is 5.09 Å². The lowest BCUT2D eigenvalue weighted by Gasteiger charge is -2.16. The molecule has 1 fully saturated rings. The Morgan fingerprint density at radius 2 is 2.11 bits per heavy atom. The molecule has 108 valence electrons. The first kappa shape index (κ1) is 14.6.